The number of nitrogens with one attached hydrogen (secondary N) is 1. The molecule has 0 bridgehead atoms. The van der Waals surface area contributed by atoms with E-state index in [1.807, 2.05) is 4.90 Å². The van der Waals surface area contributed by atoms with Gasteiger partial charge in [0.05, 0.1) is 5.92 Å². The molecule has 1 aliphatic carbocycles. The van der Waals surface area contributed by atoms with Gasteiger partial charge in [0, 0.05) is 24.7 Å². The summed E-state index contributed by atoms with van der Waals surface area (Å²) in [4.78, 5) is 27.3. The van der Waals surface area contributed by atoms with E-state index in [0.717, 1.165) is 37.3 Å². The van der Waals surface area contributed by atoms with Crippen LogP contribution in [0.1, 0.15) is 64.0 Å². The van der Waals surface area contributed by atoms with Gasteiger partial charge in [-0.15, -0.1) is 0 Å². The van der Waals surface area contributed by atoms with E-state index in [1.54, 1.807) is 0 Å². The molecule has 1 aliphatic heterocycles. The zero-order valence-corrected chi connectivity index (χ0v) is 16.4. The third kappa shape index (κ3) is 3.94. The molecular weight excluding hydrogens is 324 g/mol. The maximum atomic E-state index is 12.7. The fraction of sp³-hybridized carbons (Fsp3) is 0.636. The van der Waals surface area contributed by atoms with Crippen molar-refractivity contribution in [2.24, 2.45) is 11.8 Å². The van der Waals surface area contributed by atoms with Crippen molar-refractivity contribution in [2.45, 2.75) is 71.8 Å². The van der Waals surface area contributed by atoms with Crippen molar-refractivity contribution < 1.29 is 9.59 Å². The van der Waals surface area contributed by atoms with Crippen LogP contribution in [-0.4, -0.2) is 24.4 Å². The van der Waals surface area contributed by atoms with Gasteiger partial charge >= 0.3 is 0 Å². The van der Waals surface area contributed by atoms with Crippen molar-refractivity contribution in [3.05, 3.63) is 29.3 Å². The summed E-state index contributed by atoms with van der Waals surface area (Å²) < 4.78 is 0. The first-order valence-electron chi connectivity index (χ1n) is 10.2. The smallest absolute Gasteiger partial charge is 0.227 e. The molecule has 2 aliphatic rings. The molecule has 0 radical (unpaired) electrons. The lowest BCUT2D eigenvalue weighted by molar-refractivity contribution is -0.127. The molecule has 2 fully saturated rings. The fourth-order valence-electron chi connectivity index (χ4n) is 4.38. The molecule has 1 atom stereocenters. The maximum absolute atomic E-state index is 12.7. The van der Waals surface area contributed by atoms with E-state index in [9.17, 15) is 9.59 Å². The largest absolute Gasteiger partial charge is 0.353 e. The van der Waals surface area contributed by atoms with Crippen LogP contribution < -0.4 is 10.2 Å². The van der Waals surface area contributed by atoms with Gasteiger partial charge in [0.25, 0.3) is 0 Å². The minimum Gasteiger partial charge on any atom is -0.353 e. The van der Waals surface area contributed by atoms with E-state index in [1.165, 1.54) is 24.0 Å². The summed E-state index contributed by atoms with van der Waals surface area (Å²) in [6.07, 6.45) is 6.62. The van der Waals surface area contributed by atoms with Crippen LogP contribution in [0.25, 0.3) is 0 Å². The second-order valence-corrected chi connectivity index (χ2v) is 8.00. The summed E-state index contributed by atoms with van der Waals surface area (Å²) in [7, 11) is 0. The van der Waals surface area contributed by atoms with Crippen molar-refractivity contribution in [1.29, 1.82) is 0 Å². The van der Waals surface area contributed by atoms with Crippen molar-refractivity contribution in [1.82, 2.24) is 5.32 Å². The quantitative estimate of drug-likeness (QED) is 0.871. The fourth-order valence-corrected chi connectivity index (χ4v) is 4.38. The van der Waals surface area contributed by atoms with Crippen LogP contribution in [-0.2, 0) is 22.4 Å². The minimum absolute atomic E-state index is 0.0624. The normalized spacial score (nSPS) is 26.2. The summed E-state index contributed by atoms with van der Waals surface area (Å²) in [5.41, 5.74) is 3.43. The van der Waals surface area contributed by atoms with Crippen LogP contribution in [0.15, 0.2) is 18.2 Å². The first-order chi connectivity index (χ1) is 12.5. The Morgan fingerprint density at radius 3 is 2.31 bits per heavy atom. The van der Waals surface area contributed by atoms with Crippen molar-refractivity contribution >= 4 is 17.5 Å². The Kier molecular flexibility index (Phi) is 6.00. The van der Waals surface area contributed by atoms with Gasteiger partial charge in [-0.1, -0.05) is 39.0 Å². The number of amides is 2. The third-order valence-corrected chi connectivity index (χ3v) is 6.09. The molecule has 1 aromatic carbocycles. The van der Waals surface area contributed by atoms with Gasteiger partial charge in [0.1, 0.15) is 0 Å². The molecule has 1 heterocycles. The lowest BCUT2D eigenvalue weighted by atomic mass is 9.87. The zero-order valence-electron chi connectivity index (χ0n) is 16.4. The van der Waals surface area contributed by atoms with E-state index in [4.69, 9.17) is 0 Å². The molecule has 2 amide bonds. The maximum Gasteiger partial charge on any atom is 0.227 e. The lowest BCUT2D eigenvalue weighted by Gasteiger charge is -2.28. The van der Waals surface area contributed by atoms with Crippen molar-refractivity contribution in [3.63, 3.8) is 0 Å². The molecule has 1 saturated carbocycles. The van der Waals surface area contributed by atoms with E-state index >= 15 is 0 Å². The van der Waals surface area contributed by atoms with E-state index in [0.29, 0.717) is 13.0 Å². The Hall–Kier alpha value is -1.84. The topological polar surface area (TPSA) is 49.4 Å². The molecular formula is C22H32N2O2. The van der Waals surface area contributed by atoms with Crippen LogP contribution in [0.3, 0.4) is 0 Å². The standard InChI is InChI=1S/C22H32N2O2/c1-4-16-7-6-8-17(5-2)21(16)24-14-18(13-20(24)25)22(26)23-19-11-9-15(3)10-12-19/h6-8,15,18-19H,4-5,9-14H2,1-3H3,(H,23,26)/t15?,18-,19?/m1/s1. The molecule has 4 heteroatoms. The van der Waals surface area contributed by atoms with Crippen molar-refractivity contribution in [3.8, 4) is 0 Å². The third-order valence-electron chi connectivity index (χ3n) is 6.09. The monoisotopic (exact) mass is 356 g/mol. The molecule has 4 nitrogen and oxygen atoms in total. The number of hydrogen-bond acceptors (Lipinski definition) is 2. The number of hydrogen-bond donors (Lipinski definition) is 1. The second-order valence-electron chi connectivity index (χ2n) is 8.00. The highest BCUT2D eigenvalue weighted by Crippen LogP contribution is 2.33. The molecule has 142 valence electrons. The molecule has 3 rings (SSSR count). The van der Waals surface area contributed by atoms with Gasteiger partial charge in [-0.3, -0.25) is 9.59 Å². The second kappa shape index (κ2) is 8.24. The molecule has 0 unspecified atom stereocenters. The number of benzene rings is 1. The van der Waals surface area contributed by atoms with Gasteiger partial charge in [0.15, 0.2) is 0 Å². The van der Waals surface area contributed by atoms with E-state index in [2.05, 4.69) is 44.3 Å². The highest BCUT2D eigenvalue weighted by Gasteiger charge is 2.37. The predicted molar refractivity (Wildman–Crippen MR) is 105 cm³/mol. The Bertz CT molecular complexity index is 640. The number of para-hydroxylation sites is 1. The van der Waals surface area contributed by atoms with Crippen molar-refractivity contribution in [2.75, 3.05) is 11.4 Å². The number of nitrogens with zero attached hydrogens (tertiary/aromatic N) is 1. The number of carbonyl (C=O) groups excluding carboxylic acids is 2. The van der Waals surface area contributed by atoms with Crippen LogP contribution in [0.2, 0.25) is 0 Å². The SMILES string of the molecule is CCc1cccc(CC)c1N1C[C@H](C(=O)NC2CCC(C)CC2)CC1=O. The summed E-state index contributed by atoms with van der Waals surface area (Å²) in [6, 6.07) is 6.55. The lowest BCUT2D eigenvalue weighted by Crippen LogP contribution is -2.41. The molecule has 1 saturated heterocycles. The van der Waals surface area contributed by atoms with Crippen LogP contribution in [0, 0.1) is 11.8 Å². The van der Waals surface area contributed by atoms with Gasteiger partial charge in [0.2, 0.25) is 11.8 Å². The molecule has 0 spiro atoms. The first kappa shape index (κ1) is 18.9. The summed E-state index contributed by atoms with van der Waals surface area (Å²) in [5.74, 6) is 0.687. The molecule has 26 heavy (non-hydrogen) atoms. The number of rotatable bonds is 5. The highest BCUT2D eigenvalue weighted by atomic mass is 16.2. The average molecular weight is 357 g/mol. The molecule has 0 aromatic heterocycles. The van der Waals surface area contributed by atoms with Crippen LogP contribution in [0.4, 0.5) is 5.69 Å². The van der Waals surface area contributed by atoms with Gasteiger partial charge < -0.3 is 10.2 Å². The number of anilines is 1. The summed E-state index contributed by atoms with van der Waals surface area (Å²) >= 11 is 0. The Morgan fingerprint density at radius 1 is 1.12 bits per heavy atom. The first-order valence-corrected chi connectivity index (χ1v) is 10.2. The van der Waals surface area contributed by atoms with E-state index < -0.39 is 0 Å². The molecule has 1 N–H and O–H groups in total. The van der Waals surface area contributed by atoms with Gasteiger partial charge in [-0.05, 0) is 55.6 Å². The Labute approximate surface area is 157 Å². The highest BCUT2D eigenvalue weighted by molar-refractivity contribution is 6.01. The van der Waals surface area contributed by atoms with Crippen LogP contribution in [0.5, 0.6) is 0 Å². The van der Waals surface area contributed by atoms with Gasteiger partial charge in [-0.25, -0.2) is 0 Å². The Morgan fingerprint density at radius 2 is 1.73 bits per heavy atom. The number of carbonyl (C=O) groups is 2. The predicted octanol–water partition coefficient (Wildman–Crippen LogP) is 3.86. The average Bonchev–Trinajstić information content (AvgIpc) is 3.04. The Balaban J connectivity index is 1.70. The summed E-state index contributed by atoms with van der Waals surface area (Å²) in [5, 5.41) is 3.21. The summed E-state index contributed by atoms with van der Waals surface area (Å²) in [6.45, 7) is 7.03. The zero-order chi connectivity index (χ0) is 18.7. The minimum atomic E-state index is -0.225. The van der Waals surface area contributed by atoms with E-state index in [-0.39, 0.29) is 23.8 Å². The number of aryl methyl sites for hydroxylation is 2. The molecule has 1 aromatic rings. The van der Waals surface area contributed by atoms with Crippen LogP contribution >= 0.6 is 0 Å². The van der Waals surface area contributed by atoms with Gasteiger partial charge in [-0.2, -0.15) is 0 Å².